The molecule has 0 radical (unpaired) electrons. The predicted molar refractivity (Wildman–Crippen MR) is 109 cm³/mol. The number of halogens is 1. The van der Waals surface area contributed by atoms with Gasteiger partial charge in [0.05, 0.1) is 20.6 Å². The lowest BCUT2D eigenvalue weighted by Crippen LogP contribution is -2.21. The first-order valence-corrected chi connectivity index (χ1v) is 9.13. The number of carbonyl (C=O) groups is 1. The molecule has 0 spiro atoms. The zero-order valence-electron chi connectivity index (χ0n) is 15.2. The summed E-state index contributed by atoms with van der Waals surface area (Å²) >= 11 is 3.19. The highest BCUT2D eigenvalue weighted by Gasteiger charge is 2.15. The van der Waals surface area contributed by atoms with Gasteiger partial charge in [0.15, 0.2) is 0 Å². The Labute approximate surface area is 170 Å². The molecule has 0 saturated heterocycles. The molecule has 0 atom stereocenters. The highest BCUT2D eigenvalue weighted by Crippen LogP contribution is 2.36. The largest absolute Gasteiger partial charge is 0.372 e. The summed E-state index contributed by atoms with van der Waals surface area (Å²) in [4.78, 5) is 23.4. The summed E-state index contributed by atoms with van der Waals surface area (Å²) in [5.41, 5.74) is 1.71. The van der Waals surface area contributed by atoms with Crippen molar-refractivity contribution in [2.75, 3.05) is 23.3 Å². The molecule has 0 fully saturated rings. The first-order valence-electron chi connectivity index (χ1n) is 8.34. The van der Waals surface area contributed by atoms with Crippen LogP contribution in [0.5, 0.6) is 0 Å². The van der Waals surface area contributed by atoms with Crippen LogP contribution in [0.15, 0.2) is 45.0 Å². The maximum Gasteiger partial charge on any atom is 0.272 e. The van der Waals surface area contributed by atoms with E-state index in [9.17, 15) is 20.2 Å². The van der Waals surface area contributed by atoms with Gasteiger partial charge < -0.3 is 10.2 Å². The average Bonchev–Trinajstić information content (AvgIpc) is 2.68. The van der Waals surface area contributed by atoms with E-state index in [0.717, 1.165) is 24.8 Å². The number of hydrogen-bond donors (Lipinski definition) is 1. The van der Waals surface area contributed by atoms with Gasteiger partial charge in [0.25, 0.3) is 5.69 Å². The minimum atomic E-state index is -0.593. The van der Waals surface area contributed by atoms with Gasteiger partial charge in [0.2, 0.25) is 6.41 Å². The van der Waals surface area contributed by atoms with Gasteiger partial charge in [-0.05, 0) is 48.0 Å². The summed E-state index contributed by atoms with van der Waals surface area (Å²) in [6, 6.07) is 9.61. The third-order valence-electron chi connectivity index (χ3n) is 3.96. The number of nitrogens with one attached hydrogen (secondary N) is 1. The molecule has 9 nitrogen and oxygen atoms in total. The molecule has 28 heavy (non-hydrogen) atoms. The van der Waals surface area contributed by atoms with Crippen molar-refractivity contribution in [3.8, 4) is 6.07 Å². The van der Waals surface area contributed by atoms with Gasteiger partial charge in [-0.2, -0.15) is 5.26 Å². The molecule has 0 aliphatic carbocycles. The summed E-state index contributed by atoms with van der Waals surface area (Å²) in [6.45, 7) is 5.66. The van der Waals surface area contributed by atoms with Crippen LogP contribution < -0.4 is 10.2 Å². The van der Waals surface area contributed by atoms with Crippen molar-refractivity contribution in [3.05, 3.63) is 50.5 Å². The minimum Gasteiger partial charge on any atom is -0.372 e. The lowest BCUT2D eigenvalue weighted by atomic mass is 10.2. The van der Waals surface area contributed by atoms with Gasteiger partial charge in [-0.15, -0.1) is 10.2 Å². The zero-order chi connectivity index (χ0) is 20.7. The zero-order valence-corrected chi connectivity index (χ0v) is 16.8. The molecule has 0 aromatic heterocycles. The Morgan fingerprint density at radius 2 is 2.00 bits per heavy atom. The van der Waals surface area contributed by atoms with Crippen LogP contribution in [0.2, 0.25) is 0 Å². The van der Waals surface area contributed by atoms with E-state index in [1.165, 1.54) is 6.07 Å². The second-order valence-corrected chi connectivity index (χ2v) is 6.38. The normalized spacial score (nSPS) is 10.5. The van der Waals surface area contributed by atoms with E-state index in [2.05, 4.69) is 36.4 Å². The molecule has 0 bridgehead atoms. The quantitative estimate of drug-likeness (QED) is 0.263. The Hall–Kier alpha value is -3.32. The van der Waals surface area contributed by atoms with Gasteiger partial charge in [0, 0.05) is 30.9 Å². The Morgan fingerprint density at radius 3 is 2.57 bits per heavy atom. The molecule has 0 unspecified atom stereocenters. The number of anilines is 2. The topological polar surface area (TPSA) is 124 Å². The van der Waals surface area contributed by atoms with E-state index in [4.69, 9.17) is 0 Å². The van der Waals surface area contributed by atoms with E-state index in [1.54, 1.807) is 12.1 Å². The number of benzene rings is 2. The molecule has 0 aliphatic rings. The number of azo groups is 1. The van der Waals surface area contributed by atoms with Crippen LogP contribution in [-0.2, 0) is 4.79 Å². The van der Waals surface area contributed by atoms with Crippen LogP contribution in [0.4, 0.5) is 28.4 Å². The number of carbonyl (C=O) groups excluding carboxylic acids is 1. The Bertz CT molecular complexity index is 967. The number of rotatable bonds is 8. The smallest absolute Gasteiger partial charge is 0.272 e. The van der Waals surface area contributed by atoms with Crippen LogP contribution in [-0.4, -0.2) is 24.4 Å². The van der Waals surface area contributed by atoms with Crippen molar-refractivity contribution >= 4 is 50.8 Å². The number of nitro benzene ring substituents is 1. The van der Waals surface area contributed by atoms with Crippen LogP contribution in [0.1, 0.15) is 19.4 Å². The molecule has 1 amide bonds. The maximum atomic E-state index is 11.0. The highest BCUT2D eigenvalue weighted by molar-refractivity contribution is 9.10. The Kier molecular flexibility index (Phi) is 7.17. The average molecular weight is 445 g/mol. The van der Waals surface area contributed by atoms with Crippen molar-refractivity contribution in [2.24, 2.45) is 10.2 Å². The number of nitriles is 1. The molecule has 0 heterocycles. The first kappa shape index (κ1) is 21.0. The fraction of sp³-hybridized carbons (Fsp3) is 0.222. The lowest BCUT2D eigenvalue weighted by molar-refractivity contribution is -0.384. The van der Waals surface area contributed by atoms with E-state index in [1.807, 2.05) is 26.0 Å². The minimum absolute atomic E-state index is 0.00878. The molecule has 2 aromatic rings. The predicted octanol–water partition coefficient (Wildman–Crippen LogP) is 5.06. The standard InChI is InChI=1S/C18H17BrN6O3/c1-3-24(4-2)13-5-6-16(17(9-13)21-11-26)22-23-18-12(10-20)7-14(25(27)28)8-15(18)19/h5-9,11H,3-4H2,1-2H3,(H,21,26). The lowest BCUT2D eigenvalue weighted by Gasteiger charge is -2.21. The van der Waals surface area contributed by atoms with Crippen LogP contribution in [0, 0.1) is 21.4 Å². The second-order valence-electron chi connectivity index (χ2n) is 5.53. The molecule has 0 saturated carbocycles. The number of hydrogen-bond acceptors (Lipinski definition) is 7. The van der Waals surface area contributed by atoms with Gasteiger partial charge in [-0.3, -0.25) is 14.9 Å². The van der Waals surface area contributed by atoms with E-state index >= 15 is 0 Å². The van der Waals surface area contributed by atoms with Crippen LogP contribution in [0.25, 0.3) is 0 Å². The SMILES string of the molecule is CCN(CC)c1ccc(N=Nc2c(Br)cc([N+](=O)[O-])cc2C#N)c(NC=O)c1. The summed E-state index contributed by atoms with van der Waals surface area (Å²) in [5.74, 6) is 0. The number of amides is 1. The highest BCUT2D eigenvalue weighted by atomic mass is 79.9. The Morgan fingerprint density at radius 1 is 1.29 bits per heavy atom. The molecule has 0 aliphatic heterocycles. The molecule has 144 valence electrons. The first-order chi connectivity index (χ1) is 13.4. The Balaban J connectivity index is 2.47. The van der Waals surface area contributed by atoms with Gasteiger partial charge in [-0.25, -0.2) is 0 Å². The van der Waals surface area contributed by atoms with Crippen molar-refractivity contribution < 1.29 is 9.72 Å². The van der Waals surface area contributed by atoms with E-state index in [0.29, 0.717) is 17.8 Å². The number of nitro groups is 1. The van der Waals surface area contributed by atoms with Crippen LogP contribution in [0.3, 0.4) is 0 Å². The van der Waals surface area contributed by atoms with Crippen molar-refractivity contribution in [3.63, 3.8) is 0 Å². The molecule has 2 aromatic carbocycles. The molecule has 2 rings (SSSR count). The monoisotopic (exact) mass is 444 g/mol. The molecule has 1 N–H and O–H groups in total. The fourth-order valence-corrected chi connectivity index (χ4v) is 3.08. The molecular formula is C18H17BrN6O3. The summed E-state index contributed by atoms with van der Waals surface area (Å²) in [7, 11) is 0. The fourth-order valence-electron chi connectivity index (χ4n) is 2.56. The van der Waals surface area contributed by atoms with Gasteiger partial charge in [0.1, 0.15) is 17.4 Å². The summed E-state index contributed by atoms with van der Waals surface area (Å²) in [6.07, 6.45) is 0.545. The van der Waals surface area contributed by atoms with Crippen molar-refractivity contribution in [1.82, 2.24) is 0 Å². The summed E-state index contributed by atoms with van der Waals surface area (Å²) in [5, 5.41) is 31.0. The third kappa shape index (κ3) is 4.69. The number of non-ortho nitro benzene ring substituents is 1. The molecule has 10 heteroatoms. The van der Waals surface area contributed by atoms with Crippen LogP contribution >= 0.6 is 15.9 Å². The summed E-state index contributed by atoms with van der Waals surface area (Å²) < 4.78 is 0.270. The van der Waals surface area contributed by atoms with E-state index < -0.39 is 4.92 Å². The third-order valence-corrected chi connectivity index (χ3v) is 4.56. The number of nitrogens with zero attached hydrogens (tertiary/aromatic N) is 5. The maximum absolute atomic E-state index is 11.0. The second kappa shape index (κ2) is 9.57. The van der Waals surface area contributed by atoms with Crippen molar-refractivity contribution in [2.45, 2.75) is 13.8 Å². The van der Waals surface area contributed by atoms with Gasteiger partial charge in [-0.1, -0.05) is 0 Å². The van der Waals surface area contributed by atoms with Gasteiger partial charge >= 0.3 is 0 Å². The molecular weight excluding hydrogens is 428 g/mol. The van der Waals surface area contributed by atoms with Crippen molar-refractivity contribution in [1.29, 1.82) is 5.26 Å². The van der Waals surface area contributed by atoms with E-state index in [-0.39, 0.29) is 21.4 Å².